The fraction of sp³-hybridized carbons (Fsp3) is 1.00. The minimum Gasteiger partial charge on any atom is -0.384 e. The van der Waals surface area contributed by atoms with Crippen LogP contribution in [-0.2, 0) is 4.74 Å². The van der Waals surface area contributed by atoms with E-state index in [0.717, 1.165) is 13.2 Å². The van der Waals surface area contributed by atoms with Gasteiger partial charge in [0.25, 0.3) is 0 Å². The average Bonchev–Trinajstić information content (AvgIpc) is 2.03. The fourth-order valence-corrected chi connectivity index (χ4v) is 2.06. The molecule has 0 aliphatic carbocycles. The van der Waals surface area contributed by atoms with Gasteiger partial charge in [0, 0.05) is 19.1 Å². The molecule has 0 saturated carbocycles. The van der Waals surface area contributed by atoms with E-state index in [9.17, 15) is 0 Å². The molecular weight excluding hydrogens is 162 g/mol. The Bertz CT molecular complexity index is 116. The molecule has 80 valence electrons. The SMILES string of the molecule is CNCC(COC)(C(C)C)C(C)C. The summed E-state index contributed by atoms with van der Waals surface area (Å²) < 4.78 is 5.34. The maximum Gasteiger partial charge on any atom is 0.0535 e. The highest BCUT2D eigenvalue weighted by atomic mass is 16.5. The molecule has 0 aromatic carbocycles. The van der Waals surface area contributed by atoms with Crippen LogP contribution in [0.4, 0.5) is 0 Å². The van der Waals surface area contributed by atoms with Crippen molar-refractivity contribution in [1.82, 2.24) is 5.32 Å². The van der Waals surface area contributed by atoms with Crippen molar-refractivity contribution in [2.45, 2.75) is 27.7 Å². The topological polar surface area (TPSA) is 21.3 Å². The predicted octanol–water partition coefficient (Wildman–Crippen LogP) is 2.15. The van der Waals surface area contributed by atoms with Crippen molar-refractivity contribution in [2.24, 2.45) is 17.3 Å². The molecule has 0 radical (unpaired) electrons. The summed E-state index contributed by atoms with van der Waals surface area (Å²) in [6, 6.07) is 0. The van der Waals surface area contributed by atoms with E-state index in [1.165, 1.54) is 0 Å². The van der Waals surface area contributed by atoms with Crippen LogP contribution in [-0.4, -0.2) is 27.3 Å². The van der Waals surface area contributed by atoms with Crippen LogP contribution in [0.15, 0.2) is 0 Å². The number of hydrogen-bond acceptors (Lipinski definition) is 2. The molecule has 2 nitrogen and oxygen atoms in total. The van der Waals surface area contributed by atoms with E-state index in [0.29, 0.717) is 11.8 Å². The molecule has 0 rings (SSSR count). The van der Waals surface area contributed by atoms with Crippen molar-refractivity contribution in [3.63, 3.8) is 0 Å². The van der Waals surface area contributed by atoms with Crippen LogP contribution < -0.4 is 5.32 Å². The second kappa shape index (κ2) is 5.61. The van der Waals surface area contributed by atoms with Gasteiger partial charge in [-0.1, -0.05) is 27.7 Å². The Labute approximate surface area is 83.1 Å². The van der Waals surface area contributed by atoms with Crippen molar-refractivity contribution in [3.05, 3.63) is 0 Å². The van der Waals surface area contributed by atoms with E-state index in [1.807, 2.05) is 7.05 Å². The fourth-order valence-electron chi connectivity index (χ4n) is 2.06. The van der Waals surface area contributed by atoms with Crippen molar-refractivity contribution in [3.8, 4) is 0 Å². The zero-order valence-corrected chi connectivity index (χ0v) is 9.98. The van der Waals surface area contributed by atoms with E-state index in [4.69, 9.17) is 4.74 Å². The maximum absolute atomic E-state index is 5.34. The third kappa shape index (κ3) is 2.96. The zero-order valence-electron chi connectivity index (χ0n) is 9.98. The number of ether oxygens (including phenoxy) is 1. The maximum atomic E-state index is 5.34. The quantitative estimate of drug-likeness (QED) is 0.688. The van der Waals surface area contributed by atoms with Crippen LogP contribution in [0.1, 0.15) is 27.7 Å². The van der Waals surface area contributed by atoms with Gasteiger partial charge in [0.2, 0.25) is 0 Å². The first-order valence-corrected chi connectivity index (χ1v) is 5.14. The molecule has 0 fully saturated rings. The normalized spacial score (nSPS) is 12.9. The number of rotatable bonds is 6. The molecule has 2 heteroatoms. The smallest absolute Gasteiger partial charge is 0.0535 e. The van der Waals surface area contributed by atoms with Crippen LogP contribution in [0, 0.1) is 17.3 Å². The molecule has 0 heterocycles. The van der Waals surface area contributed by atoms with Gasteiger partial charge in [0.05, 0.1) is 6.61 Å². The lowest BCUT2D eigenvalue weighted by Gasteiger charge is -2.40. The second-order valence-electron chi connectivity index (χ2n) is 4.51. The summed E-state index contributed by atoms with van der Waals surface area (Å²) in [7, 11) is 3.80. The summed E-state index contributed by atoms with van der Waals surface area (Å²) in [5.41, 5.74) is 0.267. The van der Waals surface area contributed by atoms with Gasteiger partial charge in [-0.2, -0.15) is 0 Å². The van der Waals surface area contributed by atoms with Crippen molar-refractivity contribution < 1.29 is 4.74 Å². The first-order valence-electron chi connectivity index (χ1n) is 5.14. The highest BCUT2D eigenvalue weighted by Crippen LogP contribution is 2.35. The van der Waals surface area contributed by atoms with Crippen LogP contribution in [0.25, 0.3) is 0 Å². The molecule has 0 saturated heterocycles. The second-order valence-corrected chi connectivity index (χ2v) is 4.51. The molecule has 0 aromatic rings. The largest absolute Gasteiger partial charge is 0.384 e. The molecule has 13 heavy (non-hydrogen) atoms. The third-order valence-electron chi connectivity index (χ3n) is 3.22. The predicted molar refractivity (Wildman–Crippen MR) is 57.9 cm³/mol. The molecule has 0 aliphatic rings. The van der Waals surface area contributed by atoms with Crippen molar-refractivity contribution in [2.75, 3.05) is 27.3 Å². The van der Waals surface area contributed by atoms with Crippen LogP contribution in [0.2, 0.25) is 0 Å². The summed E-state index contributed by atoms with van der Waals surface area (Å²) >= 11 is 0. The van der Waals surface area contributed by atoms with Gasteiger partial charge >= 0.3 is 0 Å². The Morgan fingerprint density at radius 1 is 1.15 bits per heavy atom. The van der Waals surface area contributed by atoms with Crippen molar-refractivity contribution >= 4 is 0 Å². The van der Waals surface area contributed by atoms with Crippen LogP contribution in [0.5, 0.6) is 0 Å². The van der Waals surface area contributed by atoms with E-state index in [1.54, 1.807) is 7.11 Å². The first kappa shape index (κ1) is 12.9. The van der Waals surface area contributed by atoms with E-state index in [2.05, 4.69) is 33.0 Å². The lowest BCUT2D eigenvalue weighted by Crippen LogP contribution is -2.45. The number of nitrogens with one attached hydrogen (secondary N) is 1. The summed E-state index contributed by atoms with van der Waals surface area (Å²) in [4.78, 5) is 0. The Morgan fingerprint density at radius 3 is 1.85 bits per heavy atom. The Kier molecular flexibility index (Phi) is 5.57. The Morgan fingerprint density at radius 2 is 1.62 bits per heavy atom. The highest BCUT2D eigenvalue weighted by Gasteiger charge is 2.36. The number of methoxy groups -OCH3 is 1. The van der Waals surface area contributed by atoms with Crippen LogP contribution >= 0.6 is 0 Å². The monoisotopic (exact) mass is 187 g/mol. The molecule has 0 spiro atoms. The van der Waals surface area contributed by atoms with Gasteiger partial charge in [-0.15, -0.1) is 0 Å². The van der Waals surface area contributed by atoms with E-state index in [-0.39, 0.29) is 5.41 Å². The highest BCUT2D eigenvalue weighted by molar-refractivity contribution is 4.87. The molecular formula is C11H25NO. The lowest BCUT2D eigenvalue weighted by molar-refractivity contribution is 0.00699. The summed E-state index contributed by atoms with van der Waals surface area (Å²) in [5.74, 6) is 1.28. The van der Waals surface area contributed by atoms with E-state index < -0.39 is 0 Å². The molecule has 0 atom stereocenters. The lowest BCUT2D eigenvalue weighted by atomic mass is 9.69. The molecule has 0 bridgehead atoms. The van der Waals surface area contributed by atoms with E-state index >= 15 is 0 Å². The molecule has 1 N–H and O–H groups in total. The summed E-state index contributed by atoms with van der Waals surface area (Å²) in [5, 5.41) is 3.28. The third-order valence-corrected chi connectivity index (χ3v) is 3.22. The summed E-state index contributed by atoms with van der Waals surface area (Å²) in [6.45, 7) is 11.0. The van der Waals surface area contributed by atoms with Crippen LogP contribution in [0.3, 0.4) is 0 Å². The van der Waals surface area contributed by atoms with Gasteiger partial charge in [0.15, 0.2) is 0 Å². The van der Waals surface area contributed by atoms with Crippen molar-refractivity contribution in [1.29, 1.82) is 0 Å². The molecule has 0 aliphatic heterocycles. The molecule has 0 amide bonds. The molecule has 0 unspecified atom stereocenters. The van der Waals surface area contributed by atoms with Gasteiger partial charge in [0.1, 0.15) is 0 Å². The van der Waals surface area contributed by atoms with Gasteiger partial charge in [-0.25, -0.2) is 0 Å². The molecule has 0 aromatic heterocycles. The summed E-state index contributed by atoms with van der Waals surface area (Å²) in [6.07, 6.45) is 0. The Hall–Kier alpha value is -0.0800. The number of hydrogen-bond donors (Lipinski definition) is 1. The Balaban J connectivity index is 4.59. The minimum absolute atomic E-state index is 0.267. The van der Waals surface area contributed by atoms with Gasteiger partial charge in [-0.05, 0) is 18.9 Å². The first-order chi connectivity index (χ1) is 6.01. The zero-order chi connectivity index (χ0) is 10.5. The van der Waals surface area contributed by atoms with Gasteiger partial charge < -0.3 is 10.1 Å². The minimum atomic E-state index is 0.267. The van der Waals surface area contributed by atoms with Gasteiger partial charge in [-0.3, -0.25) is 0 Å². The average molecular weight is 187 g/mol. The standard InChI is InChI=1S/C11H25NO/c1-9(2)11(7-12-5,8-13-6)10(3)4/h9-10,12H,7-8H2,1-6H3.